The zero-order valence-electron chi connectivity index (χ0n) is 70.7. The van der Waals surface area contributed by atoms with Gasteiger partial charge in [0.1, 0.15) is 79.2 Å². The Kier molecular flexibility index (Phi) is 30.8. The van der Waals surface area contributed by atoms with Crippen molar-refractivity contribution in [2.45, 2.75) is 149 Å². The molecule has 0 unspecified atom stereocenters. The monoisotopic (exact) mass is 1880 g/mol. The number of aryl methyl sites for hydroxylation is 3. The summed E-state index contributed by atoms with van der Waals surface area (Å²) in [6.07, 6.45) is -6.72. The van der Waals surface area contributed by atoms with E-state index in [-0.39, 0.29) is 134 Å². The molecule has 0 spiro atoms. The van der Waals surface area contributed by atoms with Crippen LogP contribution in [-0.2, 0) is 90.7 Å². The molecule has 26 nitrogen and oxygen atoms in total. The summed E-state index contributed by atoms with van der Waals surface area (Å²) in [6, 6.07) is 39.7. The summed E-state index contributed by atoms with van der Waals surface area (Å²) in [7, 11) is -12.6. The first-order valence-corrected chi connectivity index (χ1v) is 46.0. The highest BCUT2D eigenvalue weighted by Crippen LogP contribution is 2.50. The summed E-state index contributed by atoms with van der Waals surface area (Å²) in [4.78, 5) is 139. The summed E-state index contributed by atoms with van der Waals surface area (Å²) in [6.45, 7) is 6.88. The number of carbonyl (C=O) groups is 9. The number of para-hydroxylation sites is 2. The van der Waals surface area contributed by atoms with E-state index in [0.29, 0.717) is 61.1 Å². The van der Waals surface area contributed by atoms with Gasteiger partial charge in [0.25, 0.3) is 5.78 Å². The molecule has 0 saturated carbocycles. The van der Waals surface area contributed by atoms with Crippen LogP contribution in [-0.4, -0.2) is 167 Å². The van der Waals surface area contributed by atoms with E-state index in [1.165, 1.54) is 71.8 Å². The minimum absolute atomic E-state index is 0.0455. The third kappa shape index (κ3) is 22.4. The average Bonchev–Trinajstić information content (AvgIpc) is 1.61. The number of likely N-dealkylation sites (tertiary alicyclic amines) is 3. The average molecular weight is 1880 g/mol. The van der Waals surface area contributed by atoms with Gasteiger partial charge in [0.15, 0.2) is 17.3 Å². The smallest absolute Gasteiger partial charge is 0.413 e. The first-order valence-electron chi connectivity index (χ1n) is 41.0. The quantitative estimate of drug-likeness (QED) is 0.0185. The van der Waals surface area contributed by atoms with Gasteiger partial charge in [-0.3, -0.25) is 52.3 Å². The number of ketones is 4. The number of rotatable bonds is 30. The SMILES string of the molecule is CC(=O)c1cn(CC(=O)N2C[C@H](F)C[C@H]2C(=O)CCc2cccc(Cl)c2F)c2cc(P(=O)(Oc3ccccc3)Oc3ccccc3)ccc12.CCOP(=O)(OCC)c1ccc2c(c1)c(C(C)=O)cn2CC(=O)N1C[C@H](F)C[C@H]1C(=O)NCc1cccc(C)c1F.Cc1cccc(CNC(=O)[C@@H]2C[C@@H](F)CN2C(=O)Cn2cc(C(=O)C(F)(F)F)c3ccc(P(=O)(O)O)cc32)c1F. The van der Waals surface area contributed by atoms with Crippen molar-refractivity contribution in [3.8, 4) is 11.5 Å². The van der Waals surface area contributed by atoms with E-state index >= 15 is 0 Å². The summed E-state index contributed by atoms with van der Waals surface area (Å²) in [5.74, 6) is -7.45. The second-order valence-corrected chi connectivity index (χ2v) is 37.1. The Morgan fingerprint density at radius 1 is 0.469 bits per heavy atom. The largest absolute Gasteiger partial charge is 0.462 e. The highest BCUT2D eigenvalue weighted by atomic mass is 35.5. The summed E-state index contributed by atoms with van der Waals surface area (Å²) >= 11 is 5.87. The summed E-state index contributed by atoms with van der Waals surface area (Å²) in [5, 5.41) is 5.55. The molecule has 3 saturated heterocycles. The number of benzene rings is 8. The number of halogens is 10. The number of Topliss-reactive ketones (excluding diaryl/α,β-unsaturated/α-hetero) is 4. The predicted molar refractivity (Wildman–Crippen MR) is 466 cm³/mol. The fourth-order valence-corrected chi connectivity index (χ4v) is 19.6. The highest BCUT2D eigenvalue weighted by Gasteiger charge is 2.45. The Labute approximate surface area is 744 Å². The van der Waals surface area contributed by atoms with Gasteiger partial charge in [0.2, 0.25) is 29.5 Å². The van der Waals surface area contributed by atoms with Crippen LogP contribution in [0.5, 0.6) is 11.5 Å². The minimum atomic E-state index is -5.28. The first kappa shape index (κ1) is 97.3. The molecule has 4 N–H and O–H groups in total. The maximum atomic E-state index is 14.7. The molecule has 3 fully saturated rings. The maximum absolute atomic E-state index is 14.7. The molecule has 0 aliphatic carbocycles. The van der Waals surface area contributed by atoms with E-state index in [1.54, 1.807) is 153 Å². The summed E-state index contributed by atoms with van der Waals surface area (Å²) < 4.78 is 193. The molecule has 686 valence electrons. The zero-order chi connectivity index (χ0) is 94.2. The number of fused-ring (bicyclic) bond motifs is 3. The zero-order valence-corrected chi connectivity index (χ0v) is 74.1. The number of aromatic nitrogens is 3. The van der Waals surface area contributed by atoms with Crippen molar-refractivity contribution in [2.24, 2.45) is 0 Å². The Morgan fingerprint density at radius 3 is 1.33 bits per heavy atom. The van der Waals surface area contributed by atoms with Crippen LogP contribution in [0, 0.1) is 31.3 Å². The van der Waals surface area contributed by atoms with Gasteiger partial charge < -0.3 is 66.9 Å². The van der Waals surface area contributed by atoms with Gasteiger partial charge in [-0.05, 0) is 137 Å². The third-order valence-electron chi connectivity index (χ3n) is 22.1. The Bertz CT molecular complexity index is 6280. The van der Waals surface area contributed by atoms with Gasteiger partial charge in [0.05, 0.1) is 76.4 Å². The lowest BCUT2D eigenvalue weighted by molar-refractivity contribution is -0.139. The van der Waals surface area contributed by atoms with Crippen LogP contribution in [0.15, 0.2) is 188 Å². The van der Waals surface area contributed by atoms with Crippen LogP contribution in [0.3, 0.4) is 0 Å². The molecular formula is C91H89ClF9N8O18P3. The molecule has 39 heteroatoms. The lowest BCUT2D eigenvalue weighted by Gasteiger charge is -2.24. The molecule has 3 aliphatic rings. The van der Waals surface area contributed by atoms with Crippen molar-refractivity contribution in [1.82, 2.24) is 39.0 Å². The van der Waals surface area contributed by atoms with Crippen LogP contribution < -0.4 is 35.6 Å². The summed E-state index contributed by atoms with van der Waals surface area (Å²) in [5.41, 5.74) is 1.91. The predicted octanol–water partition coefficient (Wildman–Crippen LogP) is 15.1. The Morgan fingerprint density at radius 2 is 0.869 bits per heavy atom. The molecule has 3 aromatic heterocycles. The first-order chi connectivity index (χ1) is 61.6. The van der Waals surface area contributed by atoms with Crippen molar-refractivity contribution >= 4 is 136 Å². The van der Waals surface area contributed by atoms with E-state index in [4.69, 9.17) is 29.7 Å². The Balaban J connectivity index is 0.000000178. The van der Waals surface area contributed by atoms with E-state index in [9.17, 15) is 106 Å². The van der Waals surface area contributed by atoms with E-state index in [0.717, 1.165) is 33.9 Å². The topological polar surface area (TPSA) is 331 Å². The fourth-order valence-electron chi connectivity index (χ4n) is 15.7. The molecule has 130 heavy (non-hydrogen) atoms. The fraction of sp³-hybridized carbons (Fsp3) is 0.308. The molecule has 14 rings (SSSR count). The van der Waals surface area contributed by atoms with Crippen LogP contribution in [0.4, 0.5) is 39.5 Å². The van der Waals surface area contributed by atoms with Crippen molar-refractivity contribution in [2.75, 3.05) is 32.8 Å². The van der Waals surface area contributed by atoms with Crippen LogP contribution in [0.1, 0.15) is 112 Å². The second kappa shape index (κ2) is 41.1. The Hall–Kier alpha value is -11.8. The van der Waals surface area contributed by atoms with Crippen molar-refractivity contribution in [3.63, 3.8) is 0 Å². The molecule has 0 bridgehead atoms. The van der Waals surface area contributed by atoms with Crippen molar-refractivity contribution in [3.05, 3.63) is 255 Å². The van der Waals surface area contributed by atoms with Gasteiger partial charge in [-0.2, -0.15) is 13.2 Å². The van der Waals surface area contributed by atoms with E-state index < -0.39 is 148 Å². The molecule has 6 heterocycles. The van der Waals surface area contributed by atoms with Gasteiger partial charge >= 0.3 is 29.0 Å². The lowest BCUT2D eigenvalue weighted by Crippen LogP contribution is -2.46. The molecular weight excluding hydrogens is 1790 g/mol. The van der Waals surface area contributed by atoms with E-state index in [1.807, 2.05) is 0 Å². The van der Waals surface area contributed by atoms with Gasteiger partial charge in [-0.1, -0.05) is 109 Å². The third-order valence-corrected chi connectivity index (χ3v) is 27.3. The molecule has 3 aliphatic heterocycles. The number of alkyl halides is 6. The molecule has 5 amide bonds. The lowest BCUT2D eigenvalue weighted by atomic mass is 10.0. The number of nitrogens with zero attached hydrogens (tertiary/aromatic N) is 6. The standard InChI is InChI=1S/C37H32ClF2N2O6P.C29H34F2N3O6P.C25H23F5N3O6P/c1-24(43)31-22-41(23-36(45)42-21-26(39)19-34(42)35(44)18-15-25-9-8-14-32(38)37(25)40)33-20-29(16-17-30(31)33)49(46,47-27-10-4-2-5-11-27)48-28-12-6-3-7-13-28;1-5-39-41(38,40-6-2)22-10-11-25-23(13-22)24(19(4)35)16-33(25)17-27(36)34-15-21(30)12-26(34)29(37)32-14-20-9-7-8-18(3)28(20)31;1-13-3-2-4-14(22(13)27)9-31-24(36)20-7-15(26)10-33(20)21(34)12-32-11-18(23(35)25(28,29)30)17-6-5-16(8-19(17)32)40(37,38)39/h2-14,16-17,20,22,26,34H,15,18-19,21,23H2,1H3;7-11,13,16,21,26H,5-6,12,14-15,17H2,1-4H3,(H,32,37);2-6,8,11,15,20H,7,9-10,12H2,1H3,(H,31,36)(H2,37,38,39)/t26-,34+;21-,26+;15-,20+/m111/s1. The molecule has 8 aromatic carbocycles. The number of hydrogen-bond donors (Lipinski definition) is 4. The molecule has 6 atom stereocenters. The molecule has 11 aromatic rings. The minimum Gasteiger partial charge on any atom is -0.413 e. The van der Waals surface area contributed by atoms with E-state index in [2.05, 4.69) is 10.6 Å². The number of nitrogens with one attached hydrogen (secondary N) is 2. The number of hydrogen-bond acceptors (Lipinski definition) is 16. The molecule has 0 radical (unpaired) electrons. The maximum Gasteiger partial charge on any atom is 0.462 e. The van der Waals surface area contributed by atoms with Gasteiger partial charge in [0, 0.05) is 101 Å². The second-order valence-electron chi connectivity index (χ2n) is 31.1. The van der Waals surface area contributed by atoms with Crippen LogP contribution in [0.25, 0.3) is 32.7 Å². The van der Waals surface area contributed by atoms with Crippen LogP contribution in [0.2, 0.25) is 5.02 Å². The number of amides is 5. The van der Waals surface area contributed by atoms with Gasteiger partial charge in [-0.25, -0.2) is 30.9 Å². The van der Waals surface area contributed by atoms with Crippen LogP contribution >= 0.6 is 34.4 Å². The van der Waals surface area contributed by atoms with Gasteiger partial charge in [-0.15, -0.1) is 0 Å². The number of carbonyl (C=O) groups excluding carboxylic acids is 9. The van der Waals surface area contributed by atoms with Crippen molar-refractivity contribution in [1.29, 1.82) is 0 Å². The van der Waals surface area contributed by atoms with Crippen molar-refractivity contribution < 1.29 is 124 Å². The normalized spacial score (nSPS) is 17.0. The highest BCUT2D eigenvalue weighted by molar-refractivity contribution is 7.63.